The average molecular weight is 248 g/mol. The highest BCUT2D eigenvalue weighted by molar-refractivity contribution is 7.80. The number of nitrogens with zero attached hydrogens (tertiary/aromatic N) is 2. The van der Waals surface area contributed by atoms with Crippen LogP contribution in [0.4, 0.5) is 5.69 Å². The Morgan fingerprint density at radius 1 is 1.35 bits per heavy atom. The lowest BCUT2D eigenvalue weighted by atomic mass is 10.1. The summed E-state index contributed by atoms with van der Waals surface area (Å²) in [5.74, 6) is 0. The maximum absolute atomic E-state index is 4.39. The minimum absolute atomic E-state index is 0.291. The summed E-state index contributed by atoms with van der Waals surface area (Å²) in [6.45, 7) is 6.25. The minimum Gasteiger partial charge on any atom is -0.222 e. The second-order valence-electron chi connectivity index (χ2n) is 4.32. The van der Waals surface area contributed by atoms with Crippen LogP contribution in [0.25, 0.3) is 0 Å². The molecule has 0 saturated carbocycles. The first-order valence-electron chi connectivity index (χ1n) is 6.04. The van der Waals surface area contributed by atoms with Gasteiger partial charge in [0.2, 0.25) is 0 Å². The van der Waals surface area contributed by atoms with Gasteiger partial charge in [-0.1, -0.05) is 26.0 Å². The molecule has 0 N–H and O–H groups in total. The Morgan fingerprint density at radius 3 is 2.76 bits per heavy atom. The van der Waals surface area contributed by atoms with Gasteiger partial charge in [-0.05, 0) is 37.5 Å². The molecule has 0 spiro atoms. The predicted molar refractivity (Wildman–Crippen MR) is 77.9 cm³/mol. The van der Waals surface area contributed by atoms with Crippen molar-refractivity contribution in [3.05, 3.63) is 29.8 Å². The van der Waals surface area contributed by atoms with Gasteiger partial charge in [-0.15, -0.1) is 0 Å². The molecule has 0 aliphatic heterocycles. The van der Waals surface area contributed by atoms with Gasteiger partial charge in [0, 0.05) is 5.25 Å². The van der Waals surface area contributed by atoms with Gasteiger partial charge in [-0.25, -0.2) is 4.99 Å². The van der Waals surface area contributed by atoms with Crippen LogP contribution in [0, 0.1) is 0 Å². The van der Waals surface area contributed by atoms with Crippen LogP contribution in [0.1, 0.15) is 32.8 Å². The Hall–Kier alpha value is -1.05. The monoisotopic (exact) mass is 248 g/mol. The molecule has 0 aliphatic rings. The summed E-state index contributed by atoms with van der Waals surface area (Å²) >= 11 is 4.39. The predicted octanol–water partition coefficient (Wildman–Crippen LogP) is 4.15. The van der Waals surface area contributed by atoms with Crippen molar-refractivity contribution in [2.75, 3.05) is 0 Å². The Labute approximate surface area is 109 Å². The van der Waals surface area contributed by atoms with E-state index < -0.39 is 0 Å². The molecule has 0 fully saturated rings. The van der Waals surface area contributed by atoms with E-state index in [0.29, 0.717) is 11.3 Å². The summed E-state index contributed by atoms with van der Waals surface area (Å²) in [6.07, 6.45) is 1.97. The fourth-order valence-electron chi connectivity index (χ4n) is 1.37. The van der Waals surface area contributed by atoms with E-state index in [9.17, 15) is 0 Å². The van der Waals surface area contributed by atoms with Crippen molar-refractivity contribution < 1.29 is 0 Å². The summed E-state index contributed by atoms with van der Waals surface area (Å²) in [5.41, 5.74) is 2.16. The summed E-state index contributed by atoms with van der Waals surface area (Å²) in [7, 11) is 0. The number of rotatable bonds is 5. The topological polar surface area (TPSA) is 24.7 Å². The Morgan fingerprint density at radius 2 is 2.12 bits per heavy atom. The first-order valence-corrected chi connectivity index (χ1v) is 6.56. The van der Waals surface area contributed by atoms with Gasteiger partial charge in [-0.3, -0.25) is 0 Å². The molecular weight excluding hydrogens is 228 g/mol. The fourth-order valence-corrected chi connectivity index (χ4v) is 1.58. The van der Waals surface area contributed by atoms with Crippen molar-refractivity contribution in [3.8, 4) is 0 Å². The van der Waals surface area contributed by atoms with E-state index in [1.807, 2.05) is 12.1 Å². The molecule has 0 aliphatic carbocycles. The van der Waals surface area contributed by atoms with Crippen molar-refractivity contribution in [2.24, 2.45) is 9.98 Å². The van der Waals surface area contributed by atoms with Crippen molar-refractivity contribution in [1.29, 1.82) is 0 Å². The molecule has 3 heteroatoms. The molecular formula is C14H20N2S. The summed E-state index contributed by atoms with van der Waals surface area (Å²) in [5, 5.41) is 0.364. The number of hydrogen-bond donors (Lipinski definition) is 1. The van der Waals surface area contributed by atoms with Gasteiger partial charge in [0.25, 0.3) is 0 Å². The van der Waals surface area contributed by atoms with Gasteiger partial charge in [0.15, 0.2) is 0 Å². The average Bonchev–Trinajstić information content (AvgIpc) is 2.28. The van der Waals surface area contributed by atoms with E-state index in [4.69, 9.17) is 0 Å². The van der Waals surface area contributed by atoms with E-state index >= 15 is 0 Å². The highest BCUT2D eigenvalue weighted by atomic mass is 32.1. The van der Waals surface area contributed by atoms with Crippen molar-refractivity contribution in [2.45, 2.75) is 44.9 Å². The lowest BCUT2D eigenvalue weighted by Gasteiger charge is -2.04. The molecule has 1 rings (SSSR count). The SMILES string of the molecule is CCC(C)N=C=Nc1cccc(CC(C)S)c1. The smallest absolute Gasteiger partial charge is 0.0951 e. The van der Waals surface area contributed by atoms with Gasteiger partial charge < -0.3 is 0 Å². The van der Waals surface area contributed by atoms with Gasteiger partial charge in [0.1, 0.15) is 0 Å². The van der Waals surface area contributed by atoms with Crippen LogP contribution in [-0.4, -0.2) is 17.3 Å². The van der Waals surface area contributed by atoms with Crippen LogP contribution < -0.4 is 0 Å². The maximum atomic E-state index is 4.39. The highest BCUT2D eigenvalue weighted by Gasteiger charge is 1.98. The standard InChI is InChI=1S/C14H20N2S/c1-4-11(2)15-10-16-14-7-5-6-13(9-14)8-12(3)17/h5-7,9,11-12,17H,4,8H2,1-3H3. The van der Waals surface area contributed by atoms with Crippen LogP contribution in [0.15, 0.2) is 34.3 Å². The van der Waals surface area contributed by atoms with Crippen molar-refractivity contribution in [3.63, 3.8) is 0 Å². The zero-order chi connectivity index (χ0) is 12.7. The zero-order valence-electron chi connectivity index (χ0n) is 10.7. The molecule has 0 aromatic heterocycles. The zero-order valence-corrected chi connectivity index (χ0v) is 11.6. The van der Waals surface area contributed by atoms with Crippen LogP contribution in [0.5, 0.6) is 0 Å². The first kappa shape index (κ1) is 14.0. The van der Waals surface area contributed by atoms with Crippen molar-refractivity contribution >= 4 is 24.3 Å². The summed E-state index contributed by atoms with van der Waals surface area (Å²) in [6, 6.07) is 11.2. The molecule has 0 saturated heterocycles. The molecule has 0 radical (unpaired) electrons. The highest BCUT2D eigenvalue weighted by Crippen LogP contribution is 2.15. The molecule has 2 unspecified atom stereocenters. The Bertz CT molecular complexity index is 406. The van der Waals surface area contributed by atoms with E-state index in [2.05, 4.69) is 61.5 Å². The normalized spacial score (nSPS) is 13.6. The van der Waals surface area contributed by atoms with Gasteiger partial charge >= 0.3 is 0 Å². The first-order chi connectivity index (χ1) is 8.11. The number of hydrogen-bond acceptors (Lipinski definition) is 3. The van der Waals surface area contributed by atoms with E-state index in [-0.39, 0.29) is 0 Å². The van der Waals surface area contributed by atoms with Crippen LogP contribution in [-0.2, 0) is 6.42 Å². The molecule has 92 valence electrons. The molecule has 2 atom stereocenters. The lowest BCUT2D eigenvalue weighted by Crippen LogP contribution is -1.96. The quantitative estimate of drug-likeness (QED) is 0.598. The molecule has 2 nitrogen and oxygen atoms in total. The fraction of sp³-hybridized carbons (Fsp3) is 0.500. The Balaban J connectivity index is 2.75. The second kappa shape index (κ2) is 7.31. The van der Waals surface area contributed by atoms with Gasteiger partial charge in [0.05, 0.1) is 17.7 Å². The van der Waals surface area contributed by atoms with Crippen molar-refractivity contribution in [1.82, 2.24) is 0 Å². The lowest BCUT2D eigenvalue weighted by molar-refractivity contribution is 0.721. The number of aliphatic imine (C=N–C) groups is 2. The third-order valence-corrected chi connectivity index (χ3v) is 2.67. The van der Waals surface area contributed by atoms with E-state index in [1.54, 1.807) is 0 Å². The van der Waals surface area contributed by atoms with E-state index in [0.717, 1.165) is 18.5 Å². The molecule has 0 amide bonds. The van der Waals surface area contributed by atoms with Gasteiger partial charge in [-0.2, -0.15) is 17.6 Å². The Kier molecular flexibility index (Phi) is 6.03. The summed E-state index contributed by atoms with van der Waals surface area (Å²) in [4.78, 5) is 8.42. The molecule has 0 heterocycles. The second-order valence-corrected chi connectivity index (χ2v) is 5.20. The maximum Gasteiger partial charge on any atom is 0.0951 e. The molecule has 1 aromatic rings. The van der Waals surface area contributed by atoms with Crippen LogP contribution in [0.3, 0.4) is 0 Å². The molecule has 17 heavy (non-hydrogen) atoms. The molecule has 0 bridgehead atoms. The van der Waals surface area contributed by atoms with E-state index in [1.165, 1.54) is 5.56 Å². The van der Waals surface area contributed by atoms with Crippen LogP contribution >= 0.6 is 12.6 Å². The van der Waals surface area contributed by atoms with Crippen LogP contribution in [0.2, 0.25) is 0 Å². The minimum atomic E-state index is 0.291. The molecule has 1 aromatic carbocycles. The summed E-state index contributed by atoms with van der Waals surface area (Å²) < 4.78 is 0. The third kappa shape index (κ3) is 5.71. The number of thiol groups is 1. The third-order valence-electron chi connectivity index (χ3n) is 2.49. The number of benzene rings is 1. The largest absolute Gasteiger partial charge is 0.222 e.